The lowest BCUT2D eigenvalue weighted by atomic mass is 10.1. The molecule has 1 atom stereocenters. The van der Waals surface area contributed by atoms with Crippen molar-refractivity contribution in [1.82, 2.24) is 0 Å². The zero-order valence-electron chi connectivity index (χ0n) is 7.13. The number of rotatable bonds is 7. The topological polar surface area (TPSA) is 46.2 Å². The van der Waals surface area contributed by atoms with E-state index in [0.29, 0.717) is 6.61 Å². The summed E-state index contributed by atoms with van der Waals surface area (Å²) in [6, 6.07) is 0.157. The Kier molecular flexibility index (Phi) is 7.52. The van der Waals surface area contributed by atoms with Crippen molar-refractivity contribution in [3.05, 3.63) is 12.7 Å². The van der Waals surface area contributed by atoms with E-state index in [9.17, 15) is 0 Å². The van der Waals surface area contributed by atoms with Crippen molar-refractivity contribution in [3.63, 3.8) is 0 Å². The van der Waals surface area contributed by atoms with Gasteiger partial charge in [0, 0.05) is 12.6 Å². The fourth-order valence-electron chi connectivity index (χ4n) is 0.963. The van der Waals surface area contributed by atoms with Crippen molar-refractivity contribution in [2.45, 2.75) is 38.1 Å². The van der Waals surface area contributed by atoms with Gasteiger partial charge in [-0.2, -0.15) is 0 Å². The zero-order valence-corrected chi connectivity index (χ0v) is 7.13. The third kappa shape index (κ3) is 7.56. The second-order valence-electron chi connectivity index (χ2n) is 2.83. The summed E-state index contributed by atoms with van der Waals surface area (Å²) in [4.78, 5) is 0. The van der Waals surface area contributed by atoms with Crippen LogP contribution < -0.4 is 5.73 Å². The molecule has 0 radical (unpaired) electrons. The van der Waals surface area contributed by atoms with Gasteiger partial charge < -0.3 is 10.8 Å². The van der Waals surface area contributed by atoms with Crippen molar-refractivity contribution >= 4 is 0 Å². The maximum absolute atomic E-state index is 8.48. The largest absolute Gasteiger partial charge is 0.396 e. The first-order chi connectivity index (χ1) is 5.31. The first-order valence-electron chi connectivity index (χ1n) is 4.30. The van der Waals surface area contributed by atoms with E-state index in [2.05, 4.69) is 6.58 Å². The van der Waals surface area contributed by atoms with Crippen molar-refractivity contribution < 1.29 is 5.11 Å². The molecule has 3 N–H and O–H groups in total. The third-order valence-corrected chi connectivity index (χ3v) is 1.75. The van der Waals surface area contributed by atoms with Gasteiger partial charge in [-0.1, -0.05) is 25.3 Å². The molecule has 66 valence electrons. The van der Waals surface area contributed by atoms with Crippen molar-refractivity contribution in [3.8, 4) is 0 Å². The van der Waals surface area contributed by atoms with Gasteiger partial charge in [-0.3, -0.25) is 0 Å². The highest BCUT2D eigenvalue weighted by atomic mass is 16.2. The van der Waals surface area contributed by atoms with Gasteiger partial charge in [0.2, 0.25) is 0 Å². The molecule has 2 nitrogen and oxygen atoms in total. The van der Waals surface area contributed by atoms with Gasteiger partial charge in [-0.05, 0) is 12.8 Å². The molecule has 0 fully saturated rings. The highest BCUT2D eigenvalue weighted by Gasteiger charge is 1.95. The van der Waals surface area contributed by atoms with Gasteiger partial charge in [-0.25, -0.2) is 0 Å². The van der Waals surface area contributed by atoms with Gasteiger partial charge in [0.1, 0.15) is 0 Å². The van der Waals surface area contributed by atoms with Gasteiger partial charge >= 0.3 is 0 Å². The highest BCUT2D eigenvalue weighted by molar-refractivity contribution is 4.81. The molecule has 0 aliphatic carbocycles. The predicted molar refractivity (Wildman–Crippen MR) is 48.3 cm³/mol. The molecule has 0 heterocycles. The minimum atomic E-state index is 0.157. The van der Waals surface area contributed by atoms with Crippen LogP contribution in [0.1, 0.15) is 32.1 Å². The molecule has 0 spiro atoms. The molecule has 0 amide bonds. The van der Waals surface area contributed by atoms with Crippen LogP contribution in [0.3, 0.4) is 0 Å². The number of aliphatic hydroxyl groups is 1. The fourth-order valence-corrected chi connectivity index (χ4v) is 0.963. The summed E-state index contributed by atoms with van der Waals surface area (Å²) in [5, 5.41) is 8.48. The van der Waals surface area contributed by atoms with Crippen LogP contribution in [0.4, 0.5) is 0 Å². The Balaban J connectivity index is 2.95. The Labute approximate surface area is 69.1 Å². The molecule has 0 saturated carbocycles. The van der Waals surface area contributed by atoms with E-state index in [1.54, 1.807) is 6.08 Å². The molecule has 2 heteroatoms. The van der Waals surface area contributed by atoms with Crippen molar-refractivity contribution in [1.29, 1.82) is 0 Å². The molecular weight excluding hydrogens is 138 g/mol. The second-order valence-corrected chi connectivity index (χ2v) is 2.83. The SMILES string of the molecule is C=CC(N)CCCCCCO. The Bertz CT molecular complexity index is 93.6. The Morgan fingerprint density at radius 1 is 1.27 bits per heavy atom. The molecule has 0 rings (SSSR count). The number of aliphatic hydroxyl groups excluding tert-OH is 1. The average Bonchev–Trinajstić information content (AvgIpc) is 2.04. The molecular formula is C9H19NO. The van der Waals surface area contributed by atoms with E-state index in [-0.39, 0.29) is 6.04 Å². The fraction of sp³-hybridized carbons (Fsp3) is 0.778. The second kappa shape index (κ2) is 7.76. The highest BCUT2D eigenvalue weighted by Crippen LogP contribution is 2.04. The summed E-state index contributed by atoms with van der Waals surface area (Å²) < 4.78 is 0. The van der Waals surface area contributed by atoms with Crippen LogP contribution >= 0.6 is 0 Å². The molecule has 0 bridgehead atoms. The smallest absolute Gasteiger partial charge is 0.0431 e. The molecule has 0 aromatic rings. The van der Waals surface area contributed by atoms with E-state index in [0.717, 1.165) is 25.7 Å². The van der Waals surface area contributed by atoms with E-state index in [4.69, 9.17) is 10.8 Å². The monoisotopic (exact) mass is 157 g/mol. The zero-order chi connectivity index (χ0) is 8.53. The van der Waals surface area contributed by atoms with Gasteiger partial charge in [0.15, 0.2) is 0 Å². The van der Waals surface area contributed by atoms with E-state index < -0.39 is 0 Å². The molecule has 0 aromatic carbocycles. The summed E-state index contributed by atoms with van der Waals surface area (Å²) in [7, 11) is 0. The number of nitrogens with two attached hydrogens (primary N) is 1. The Hall–Kier alpha value is -0.340. The van der Waals surface area contributed by atoms with Crippen LogP contribution in [-0.4, -0.2) is 17.8 Å². The first kappa shape index (κ1) is 10.7. The van der Waals surface area contributed by atoms with E-state index in [1.165, 1.54) is 6.42 Å². The lowest BCUT2D eigenvalue weighted by Gasteiger charge is -2.04. The molecule has 0 aromatic heterocycles. The number of hydrogen-bond acceptors (Lipinski definition) is 2. The average molecular weight is 157 g/mol. The van der Waals surface area contributed by atoms with Gasteiger partial charge in [0.25, 0.3) is 0 Å². The minimum absolute atomic E-state index is 0.157. The summed E-state index contributed by atoms with van der Waals surface area (Å²) in [5.74, 6) is 0. The van der Waals surface area contributed by atoms with Crippen LogP contribution in [0.2, 0.25) is 0 Å². The van der Waals surface area contributed by atoms with Crippen molar-refractivity contribution in [2.75, 3.05) is 6.61 Å². The van der Waals surface area contributed by atoms with Crippen LogP contribution in [0.15, 0.2) is 12.7 Å². The summed E-state index contributed by atoms with van der Waals surface area (Å²) in [5.41, 5.74) is 5.62. The molecule has 1 unspecified atom stereocenters. The normalized spacial score (nSPS) is 12.9. The molecule has 0 aliphatic rings. The van der Waals surface area contributed by atoms with E-state index >= 15 is 0 Å². The van der Waals surface area contributed by atoms with Crippen LogP contribution in [0.25, 0.3) is 0 Å². The van der Waals surface area contributed by atoms with Gasteiger partial charge in [-0.15, -0.1) is 6.58 Å². The summed E-state index contributed by atoms with van der Waals surface area (Å²) in [6.07, 6.45) is 7.15. The van der Waals surface area contributed by atoms with Crippen molar-refractivity contribution in [2.24, 2.45) is 5.73 Å². The maximum Gasteiger partial charge on any atom is 0.0431 e. The maximum atomic E-state index is 8.48. The Morgan fingerprint density at radius 2 is 1.91 bits per heavy atom. The molecule has 11 heavy (non-hydrogen) atoms. The molecule has 0 aliphatic heterocycles. The minimum Gasteiger partial charge on any atom is -0.396 e. The Morgan fingerprint density at radius 3 is 2.45 bits per heavy atom. The number of unbranched alkanes of at least 4 members (excludes halogenated alkanes) is 3. The summed E-state index contributed by atoms with van der Waals surface area (Å²) in [6.45, 7) is 3.92. The predicted octanol–water partition coefficient (Wildman–Crippen LogP) is 1.44. The number of hydrogen-bond donors (Lipinski definition) is 2. The molecule has 0 saturated heterocycles. The summed E-state index contributed by atoms with van der Waals surface area (Å²) >= 11 is 0. The standard InChI is InChI=1S/C9H19NO/c1-2-9(10)7-5-3-4-6-8-11/h2,9,11H,1,3-8,10H2. The van der Waals surface area contributed by atoms with Crippen LogP contribution in [0, 0.1) is 0 Å². The van der Waals surface area contributed by atoms with E-state index in [1.807, 2.05) is 0 Å². The lowest BCUT2D eigenvalue weighted by molar-refractivity contribution is 0.282. The quantitative estimate of drug-likeness (QED) is 0.434. The third-order valence-electron chi connectivity index (χ3n) is 1.75. The lowest BCUT2D eigenvalue weighted by Crippen LogP contribution is -2.15. The first-order valence-corrected chi connectivity index (χ1v) is 4.30. The van der Waals surface area contributed by atoms with Crippen LogP contribution in [-0.2, 0) is 0 Å². The van der Waals surface area contributed by atoms with Gasteiger partial charge in [0.05, 0.1) is 0 Å². The van der Waals surface area contributed by atoms with Crippen LogP contribution in [0.5, 0.6) is 0 Å².